The topological polar surface area (TPSA) is 0 Å². The Morgan fingerprint density at radius 2 is 0.870 bits per heavy atom. The van der Waals surface area contributed by atoms with Gasteiger partial charge in [0, 0.05) is 0 Å². The Kier molecular flexibility index (Phi) is 5.83. The fraction of sp³-hybridized carbons (Fsp3) is 0.739. The molecule has 132 valence electrons. The van der Waals surface area contributed by atoms with Gasteiger partial charge in [-0.05, 0) is 77.2 Å². The van der Waals surface area contributed by atoms with Crippen LogP contribution in [-0.4, -0.2) is 0 Å². The highest BCUT2D eigenvalue weighted by atomic mass is 14.3. The highest BCUT2D eigenvalue weighted by Gasteiger charge is 2.23. The molecule has 0 saturated heterocycles. The Morgan fingerprint density at radius 1 is 0.565 bits per heavy atom. The van der Waals surface area contributed by atoms with Crippen LogP contribution in [0.4, 0.5) is 0 Å². The van der Waals surface area contributed by atoms with Crippen LogP contribution in [0, 0.1) is 30.1 Å². The zero-order valence-electron chi connectivity index (χ0n) is 17.7. The first-order valence-electron chi connectivity index (χ1n) is 9.20. The molecule has 0 aromatic heterocycles. The van der Waals surface area contributed by atoms with Crippen LogP contribution in [0.15, 0.2) is 6.07 Å². The van der Waals surface area contributed by atoms with E-state index in [2.05, 4.69) is 82.2 Å². The van der Waals surface area contributed by atoms with Crippen molar-refractivity contribution in [1.29, 1.82) is 0 Å². The summed E-state index contributed by atoms with van der Waals surface area (Å²) in [6.45, 7) is 25.8. The maximum atomic E-state index is 2.51. The molecule has 0 nitrogen and oxygen atoms in total. The Labute approximate surface area is 146 Å². The van der Waals surface area contributed by atoms with Crippen LogP contribution in [0.1, 0.15) is 90.1 Å². The molecule has 0 radical (unpaired) electrons. The van der Waals surface area contributed by atoms with Gasteiger partial charge in [0.2, 0.25) is 0 Å². The molecule has 0 bridgehead atoms. The number of rotatable bonds is 3. The van der Waals surface area contributed by atoms with Crippen molar-refractivity contribution in [3.8, 4) is 0 Å². The summed E-state index contributed by atoms with van der Waals surface area (Å²) in [6.07, 6.45) is 3.49. The SMILES string of the molecule is Cc1c(CC(C)(C)C)cc(CC(C)(C)C)c(C)c1CC(C)(C)C. The minimum atomic E-state index is 0.328. The second-order valence-electron chi connectivity index (χ2n) is 11.1. The summed E-state index contributed by atoms with van der Waals surface area (Å²) in [7, 11) is 0. The van der Waals surface area contributed by atoms with Crippen LogP contribution in [0.5, 0.6) is 0 Å². The monoisotopic (exact) mass is 316 g/mol. The summed E-state index contributed by atoms with van der Waals surface area (Å²) in [6, 6.07) is 2.51. The van der Waals surface area contributed by atoms with Crippen molar-refractivity contribution in [2.75, 3.05) is 0 Å². The Bertz CT molecular complexity index is 499. The second kappa shape index (κ2) is 6.61. The molecule has 0 aliphatic heterocycles. The molecule has 1 aromatic rings. The molecule has 1 rings (SSSR count). The third-order valence-corrected chi connectivity index (χ3v) is 4.37. The fourth-order valence-electron chi connectivity index (χ4n) is 3.40. The molecule has 23 heavy (non-hydrogen) atoms. The third-order valence-electron chi connectivity index (χ3n) is 4.37. The van der Waals surface area contributed by atoms with Crippen molar-refractivity contribution in [3.63, 3.8) is 0 Å². The number of benzene rings is 1. The molecule has 0 saturated carbocycles. The van der Waals surface area contributed by atoms with E-state index in [0.29, 0.717) is 16.2 Å². The van der Waals surface area contributed by atoms with Crippen LogP contribution in [0.2, 0.25) is 0 Å². The van der Waals surface area contributed by atoms with Crippen molar-refractivity contribution in [2.45, 2.75) is 95.4 Å². The molecular weight excluding hydrogens is 276 g/mol. The lowest BCUT2D eigenvalue weighted by atomic mass is 9.76. The van der Waals surface area contributed by atoms with Crippen molar-refractivity contribution in [1.82, 2.24) is 0 Å². The molecule has 0 fully saturated rings. The lowest BCUT2D eigenvalue weighted by molar-refractivity contribution is 0.397. The van der Waals surface area contributed by atoms with E-state index in [9.17, 15) is 0 Å². The predicted molar refractivity (Wildman–Crippen MR) is 105 cm³/mol. The van der Waals surface area contributed by atoms with Crippen LogP contribution >= 0.6 is 0 Å². The minimum Gasteiger partial charge on any atom is -0.0599 e. The lowest BCUT2D eigenvalue weighted by Crippen LogP contribution is -2.18. The van der Waals surface area contributed by atoms with Crippen LogP contribution in [0.3, 0.4) is 0 Å². The van der Waals surface area contributed by atoms with Crippen LogP contribution in [-0.2, 0) is 19.3 Å². The smallest absolute Gasteiger partial charge is 0.0224 e. The van der Waals surface area contributed by atoms with Crippen molar-refractivity contribution >= 4 is 0 Å². The lowest BCUT2D eigenvalue weighted by Gasteiger charge is -2.29. The summed E-state index contributed by atoms with van der Waals surface area (Å²) < 4.78 is 0. The van der Waals surface area contributed by atoms with Gasteiger partial charge in [-0.25, -0.2) is 0 Å². The van der Waals surface area contributed by atoms with E-state index in [4.69, 9.17) is 0 Å². The highest BCUT2D eigenvalue weighted by Crippen LogP contribution is 2.34. The van der Waals surface area contributed by atoms with Gasteiger partial charge in [0.1, 0.15) is 0 Å². The van der Waals surface area contributed by atoms with Gasteiger partial charge in [-0.15, -0.1) is 0 Å². The van der Waals surface area contributed by atoms with E-state index in [1.165, 1.54) is 17.5 Å². The van der Waals surface area contributed by atoms with Gasteiger partial charge in [0.15, 0.2) is 0 Å². The molecule has 0 aliphatic rings. The predicted octanol–water partition coefficient (Wildman–Crippen LogP) is 7.07. The highest BCUT2D eigenvalue weighted by molar-refractivity contribution is 5.46. The van der Waals surface area contributed by atoms with E-state index in [-0.39, 0.29) is 0 Å². The number of hydrogen-bond acceptors (Lipinski definition) is 0. The molecule has 0 aliphatic carbocycles. The normalized spacial score (nSPS) is 13.5. The van der Waals surface area contributed by atoms with E-state index in [1.54, 1.807) is 16.7 Å². The van der Waals surface area contributed by atoms with E-state index >= 15 is 0 Å². The average Bonchev–Trinajstić information content (AvgIpc) is 2.26. The van der Waals surface area contributed by atoms with Crippen LogP contribution < -0.4 is 0 Å². The summed E-state index contributed by atoms with van der Waals surface area (Å²) >= 11 is 0. The fourth-order valence-corrected chi connectivity index (χ4v) is 3.40. The summed E-state index contributed by atoms with van der Waals surface area (Å²) in [5.41, 5.74) is 8.77. The van der Waals surface area contributed by atoms with E-state index < -0.39 is 0 Å². The molecule has 0 heterocycles. The van der Waals surface area contributed by atoms with Gasteiger partial charge >= 0.3 is 0 Å². The van der Waals surface area contributed by atoms with Crippen molar-refractivity contribution in [3.05, 3.63) is 33.9 Å². The Balaban J connectivity index is 3.47. The van der Waals surface area contributed by atoms with Crippen molar-refractivity contribution in [2.24, 2.45) is 16.2 Å². The second-order valence-corrected chi connectivity index (χ2v) is 11.1. The Hall–Kier alpha value is -0.780. The third kappa shape index (κ3) is 6.69. The van der Waals surface area contributed by atoms with E-state index in [0.717, 1.165) is 12.8 Å². The van der Waals surface area contributed by atoms with Gasteiger partial charge in [0.25, 0.3) is 0 Å². The molecule has 0 N–H and O–H groups in total. The zero-order chi connectivity index (χ0) is 18.2. The summed E-state index contributed by atoms with van der Waals surface area (Å²) in [5.74, 6) is 0. The molecule has 0 spiro atoms. The summed E-state index contributed by atoms with van der Waals surface area (Å²) in [5, 5.41) is 0. The van der Waals surface area contributed by atoms with Gasteiger partial charge in [-0.2, -0.15) is 0 Å². The number of hydrogen-bond donors (Lipinski definition) is 0. The first-order chi connectivity index (χ1) is 10.1. The maximum absolute atomic E-state index is 2.51. The molecule has 0 unspecified atom stereocenters. The van der Waals surface area contributed by atoms with Crippen molar-refractivity contribution < 1.29 is 0 Å². The van der Waals surface area contributed by atoms with Crippen LogP contribution in [0.25, 0.3) is 0 Å². The molecule has 0 atom stereocenters. The molecular formula is C23H40. The first kappa shape index (κ1) is 20.3. The van der Waals surface area contributed by atoms with Gasteiger partial charge < -0.3 is 0 Å². The Morgan fingerprint density at radius 3 is 1.13 bits per heavy atom. The molecule has 0 amide bonds. The quantitative estimate of drug-likeness (QED) is 0.559. The van der Waals surface area contributed by atoms with Gasteiger partial charge in [-0.3, -0.25) is 0 Å². The van der Waals surface area contributed by atoms with Gasteiger partial charge in [0.05, 0.1) is 0 Å². The largest absolute Gasteiger partial charge is 0.0599 e. The molecule has 0 heteroatoms. The summed E-state index contributed by atoms with van der Waals surface area (Å²) in [4.78, 5) is 0. The average molecular weight is 317 g/mol. The zero-order valence-corrected chi connectivity index (χ0v) is 17.7. The standard InChI is InChI=1S/C23H40/c1-16-18(13-21(3,4)5)12-19(14-22(6,7)8)17(2)20(16)15-23(9,10)11/h12H,13-15H2,1-11H3. The first-order valence-corrected chi connectivity index (χ1v) is 9.20. The minimum absolute atomic E-state index is 0.328. The van der Waals surface area contributed by atoms with Gasteiger partial charge in [-0.1, -0.05) is 68.4 Å². The van der Waals surface area contributed by atoms with E-state index in [1.807, 2.05) is 0 Å². The molecule has 1 aromatic carbocycles. The maximum Gasteiger partial charge on any atom is -0.0224 e.